The van der Waals surface area contributed by atoms with Crippen LogP contribution in [0, 0.1) is 0 Å². The third-order valence-electron chi connectivity index (χ3n) is 0.721. The van der Waals surface area contributed by atoms with Gasteiger partial charge in [0.15, 0.2) is 0 Å². The van der Waals surface area contributed by atoms with Crippen molar-refractivity contribution in [2.45, 2.75) is 0 Å². The molecule has 8 heteroatoms. The van der Waals surface area contributed by atoms with Crippen molar-refractivity contribution >= 4 is 17.8 Å². The highest BCUT2D eigenvalue weighted by atomic mass is 16.2. The van der Waals surface area contributed by atoms with Gasteiger partial charge in [0, 0.05) is 0 Å². The van der Waals surface area contributed by atoms with Crippen LogP contribution in [-0.2, 0) is 9.59 Å². The predicted molar refractivity (Wildman–Crippen MR) is 31.3 cm³/mol. The first-order chi connectivity index (χ1) is 5.20. The molecule has 0 aromatic heterocycles. The van der Waals surface area contributed by atoms with Crippen LogP contribution in [0.2, 0.25) is 0 Å². The van der Waals surface area contributed by atoms with E-state index in [-0.39, 0.29) is 5.96 Å². The molecule has 1 aliphatic rings. The van der Waals surface area contributed by atoms with Crippen molar-refractivity contribution in [1.29, 1.82) is 0 Å². The molecule has 0 aromatic rings. The Kier molecular flexibility index (Phi) is 1.77. The molecule has 8 nitrogen and oxygen atoms in total. The van der Waals surface area contributed by atoms with Crippen LogP contribution < -0.4 is 5.73 Å². The number of hydrogen-bond donors (Lipinski definition) is 1. The molecule has 2 amide bonds. The summed E-state index contributed by atoms with van der Waals surface area (Å²) in [4.78, 5) is 23.6. The first-order valence-corrected chi connectivity index (χ1v) is 2.44. The minimum absolute atomic E-state index is 0.270. The molecule has 0 bridgehead atoms. The maximum Gasteiger partial charge on any atom is 0.338 e. The molecule has 0 aromatic carbocycles. The molecule has 1 heterocycles. The molecule has 0 atom stereocenters. The van der Waals surface area contributed by atoms with Gasteiger partial charge in [0.1, 0.15) is 0 Å². The molecular formula is C3H2N6O2. The fourth-order valence-electron chi connectivity index (χ4n) is 0.331. The zero-order valence-corrected chi connectivity index (χ0v) is 5.13. The highest BCUT2D eigenvalue weighted by molar-refractivity contribution is 6.36. The van der Waals surface area contributed by atoms with Gasteiger partial charge in [-0.1, -0.05) is 10.2 Å². The number of hydrogen-bond acceptors (Lipinski definition) is 4. The molecule has 56 valence electrons. The minimum atomic E-state index is -1.17. The molecule has 0 spiro atoms. The highest BCUT2D eigenvalue weighted by Gasteiger charge is 2.10. The Morgan fingerprint density at radius 3 is 2.27 bits per heavy atom. The van der Waals surface area contributed by atoms with Crippen LogP contribution in [0.15, 0.2) is 25.7 Å². The third-order valence-corrected chi connectivity index (χ3v) is 0.721. The second-order valence-electron chi connectivity index (χ2n) is 1.46. The highest BCUT2D eigenvalue weighted by Crippen LogP contribution is 1.96. The summed E-state index contributed by atoms with van der Waals surface area (Å²) >= 11 is 0. The summed E-state index contributed by atoms with van der Waals surface area (Å²) < 4.78 is 0. The van der Waals surface area contributed by atoms with Crippen LogP contribution in [0.4, 0.5) is 0 Å². The molecule has 0 aliphatic carbocycles. The Morgan fingerprint density at radius 1 is 1.27 bits per heavy atom. The Balaban J connectivity index is 2.73. The molecule has 2 N–H and O–H groups in total. The van der Waals surface area contributed by atoms with Crippen LogP contribution >= 0.6 is 0 Å². The summed E-state index contributed by atoms with van der Waals surface area (Å²) in [5.74, 6) is -2.57. The van der Waals surface area contributed by atoms with E-state index in [1.165, 1.54) is 0 Å². The first kappa shape index (κ1) is 7.12. The van der Waals surface area contributed by atoms with Crippen LogP contribution in [0.25, 0.3) is 0 Å². The SMILES string of the molecule is NC(=O)C(=O)N=C1N=NN=N1. The van der Waals surface area contributed by atoms with Crippen molar-refractivity contribution in [3.05, 3.63) is 0 Å². The molecule has 11 heavy (non-hydrogen) atoms. The van der Waals surface area contributed by atoms with Crippen molar-refractivity contribution < 1.29 is 9.59 Å². The Hall–Kier alpha value is -1.99. The van der Waals surface area contributed by atoms with Gasteiger partial charge in [0.2, 0.25) is 0 Å². The van der Waals surface area contributed by atoms with E-state index in [2.05, 4.69) is 31.4 Å². The lowest BCUT2D eigenvalue weighted by Crippen LogP contribution is -2.21. The number of carbonyl (C=O) groups is 2. The first-order valence-electron chi connectivity index (χ1n) is 2.44. The Morgan fingerprint density at radius 2 is 1.82 bits per heavy atom. The van der Waals surface area contributed by atoms with Crippen LogP contribution in [0.3, 0.4) is 0 Å². The number of rotatable bonds is 0. The lowest BCUT2D eigenvalue weighted by molar-refractivity contribution is -0.135. The van der Waals surface area contributed by atoms with Gasteiger partial charge in [-0.2, -0.15) is 4.99 Å². The number of nitrogens with zero attached hydrogens (tertiary/aromatic N) is 5. The van der Waals surface area contributed by atoms with E-state index >= 15 is 0 Å². The summed E-state index contributed by atoms with van der Waals surface area (Å²) in [5.41, 5.74) is 4.57. The zero-order chi connectivity index (χ0) is 8.27. The van der Waals surface area contributed by atoms with Gasteiger partial charge in [0.25, 0.3) is 5.96 Å². The number of guanidine groups is 1. The van der Waals surface area contributed by atoms with E-state index in [1.54, 1.807) is 0 Å². The van der Waals surface area contributed by atoms with E-state index in [1.807, 2.05) is 0 Å². The quantitative estimate of drug-likeness (QED) is 0.458. The van der Waals surface area contributed by atoms with Crippen LogP contribution in [0.5, 0.6) is 0 Å². The van der Waals surface area contributed by atoms with Gasteiger partial charge >= 0.3 is 11.8 Å². The van der Waals surface area contributed by atoms with Crippen molar-refractivity contribution in [2.75, 3.05) is 0 Å². The van der Waals surface area contributed by atoms with E-state index < -0.39 is 11.8 Å². The lowest BCUT2D eigenvalue weighted by Gasteiger charge is -1.82. The van der Waals surface area contributed by atoms with E-state index in [0.717, 1.165) is 0 Å². The van der Waals surface area contributed by atoms with Gasteiger partial charge < -0.3 is 5.73 Å². The second kappa shape index (κ2) is 2.73. The summed E-state index contributed by atoms with van der Waals surface area (Å²) in [7, 11) is 0. The Bertz CT molecular complexity index is 274. The number of primary amides is 1. The average molecular weight is 154 g/mol. The smallest absolute Gasteiger partial charge is 0.338 e. The minimum Gasteiger partial charge on any atom is -0.361 e. The third kappa shape index (κ3) is 1.71. The lowest BCUT2D eigenvalue weighted by atomic mass is 10.6. The number of amides is 2. The van der Waals surface area contributed by atoms with Gasteiger partial charge in [-0.25, -0.2) is 0 Å². The number of aliphatic imine (C=N–C) groups is 1. The fourth-order valence-corrected chi connectivity index (χ4v) is 0.331. The summed E-state index contributed by atoms with van der Waals surface area (Å²) in [5, 5.41) is 12.4. The number of nitrogens with two attached hydrogens (primary N) is 1. The molecule has 0 radical (unpaired) electrons. The summed E-state index contributed by atoms with van der Waals surface area (Å²) in [6.07, 6.45) is 0. The van der Waals surface area contributed by atoms with Gasteiger partial charge in [-0.05, 0) is 10.4 Å². The topological polar surface area (TPSA) is 122 Å². The fraction of sp³-hybridized carbons (Fsp3) is 0. The summed E-state index contributed by atoms with van der Waals surface area (Å²) in [6.45, 7) is 0. The largest absolute Gasteiger partial charge is 0.361 e. The second-order valence-corrected chi connectivity index (χ2v) is 1.46. The van der Waals surface area contributed by atoms with Gasteiger partial charge in [0.05, 0.1) is 0 Å². The molecule has 0 unspecified atom stereocenters. The maximum absolute atomic E-state index is 10.4. The van der Waals surface area contributed by atoms with Crippen molar-refractivity contribution in [3.8, 4) is 0 Å². The maximum atomic E-state index is 10.4. The van der Waals surface area contributed by atoms with Gasteiger partial charge in [-0.15, -0.1) is 0 Å². The van der Waals surface area contributed by atoms with Gasteiger partial charge in [-0.3, -0.25) is 9.59 Å². The van der Waals surface area contributed by atoms with E-state index in [0.29, 0.717) is 0 Å². The van der Waals surface area contributed by atoms with Crippen LogP contribution in [-0.4, -0.2) is 17.8 Å². The standard InChI is InChI=1S/C3H2N6O2/c4-1(10)2(11)5-3-6-8-9-7-3/h(H2,4,10). The Labute approximate surface area is 59.9 Å². The normalized spacial score (nSPS) is 13.6. The zero-order valence-electron chi connectivity index (χ0n) is 5.13. The monoisotopic (exact) mass is 154 g/mol. The van der Waals surface area contributed by atoms with Crippen LogP contribution in [0.1, 0.15) is 0 Å². The predicted octanol–water partition coefficient (Wildman–Crippen LogP) is -0.813. The van der Waals surface area contributed by atoms with E-state index in [9.17, 15) is 9.59 Å². The molecule has 0 fully saturated rings. The van der Waals surface area contributed by atoms with E-state index in [4.69, 9.17) is 0 Å². The molecule has 1 rings (SSSR count). The van der Waals surface area contributed by atoms with Crippen molar-refractivity contribution in [2.24, 2.45) is 31.4 Å². The molecular weight excluding hydrogens is 152 g/mol. The average Bonchev–Trinajstić information content (AvgIpc) is 2.39. The molecule has 1 aliphatic heterocycles. The number of carbonyl (C=O) groups excluding carboxylic acids is 2. The van der Waals surface area contributed by atoms with Crippen molar-refractivity contribution in [1.82, 2.24) is 0 Å². The molecule has 0 saturated heterocycles. The summed E-state index contributed by atoms with van der Waals surface area (Å²) in [6, 6.07) is 0. The molecule has 0 saturated carbocycles. The van der Waals surface area contributed by atoms with Crippen molar-refractivity contribution in [3.63, 3.8) is 0 Å².